The summed E-state index contributed by atoms with van der Waals surface area (Å²) in [6.07, 6.45) is 0.759. The van der Waals surface area contributed by atoms with Crippen LogP contribution in [0.1, 0.15) is 38.3 Å². The molecule has 0 saturated carbocycles. The standard InChI is InChI=1S/C19H28FN3O2/c1-4-23(5-2)13-12-21-19(25)15-10-11-17(24)22(3)18(15)14-8-6-7-9-16(14)20/h6-9,15,18H,4-5,10-13H2,1-3H3,(H,21,25)/t15-,18-/m1/s1. The van der Waals surface area contributed by atoms with Crippen molar-refractivity contribution in [3.05, 3.63) is 35.6 Å². The SMILES string of the molecule is CCN(CC)CCNC(=O)[C@@H]1CCC(=O)N(C)[C@@H]1c1ccccc1F. The normalized spacial score (nSPS) is 20.8. The quantitative estimate of drug-likeness (QED) is 0.821. The Balaban J connectivity index is 2.12. The zero-order valence-corrected chi connectivity index (χ0v) is 15.3. The molecular weight excluding hydrogens is 321 g/mol. The second-order valence-corrected chi connectivity index (χ2v) is 6.43. The second-order valence-electron chi connectivity index (χ2n) is 6.43. The Bertz CT molecular complexity index is 604. The number of nitrogens with one attached hydrogen (secondary N) is 1. The summed E-state index contributed by atoms with van der Waals surface area (Å²) in [5.41, 5.74) is 0.405. The van der Waals surface area contributed by atoms with Crippen molar-refractivity contribution >= 4 is 11.8 Å². The van der Waals surface area contributed by atoms with Gasteiger partial charge in [0.15, 0.2) is 0 Å². The number of carbonyl (C=O) groups is 2. The molecule has 1 aromatic carbocycles. The molecule has 25 heavy (non-hydrogen) atoms. The molecule has 0 aromatic heterocycles. The average Bonchev–Trinajstić information content (AvgIpc) is 2.61. The molecule has 1 heterocycles. The van der Waals surface area contributed by atoms with Crippen LogP contribution in [0.25, 0.3) is 0 Å². The van der Waals surface area contributed by atoms with E-state index in [1.54, 1.807) is 25.2 Å². The summed E-state index contributed by atoms with van der Waals surface area (Å²) in [6, 6.07) is 5.82. The Morgan fingerprint density at radius 2 is 2.00 bits per heavy atom. The highest BCUT2D eigenvalue weighted by atomic mass is 19.1. The third-order valence-electron chi connectivity index (χ3n) is 5.04. The molecule has 1 fully saturated rings. The molecule has 0 unspecified atom stereocenters. The van der Waals surface area contributed by atoms with E-state index in [2.05, 4.69) is 24.1 Å². The van der Waals surface area contributed by atoms with Gasteiger partial charge >= 0.3 is 0 Å². The van der Waals surface area contributed by atoms with Crippen LogP contribution < -0.4 is 5.32 Å². The van der Waals surface area contributed by atoms with Gasteiger partial charge in [0.25, 0.3) is 0 Å². The molecule has 1 aliphatic rings. The van der Waals surface area contributed by atoms with E-state index >= 15 is 0 Å². The number of rotatable bonds is 7. The van der Waals surface area contributed by atoms with Gasteiger partial charge in [0.1, 0.15) is 5.82 Å². The minimum absolute atomic E-state index is 0.0551. The summed E-state index contributed by atoms with van der Waals surface area (Å²) in [7, 11) is 1.65. The summed E-state index contributed by atoms with van der Waals surface area (Å²) >= 11 is 0. The van der Waals surface area contributed by atoms with E-state index in [0.717, 1.165) is 19.6 Å². The largest absolute Gasteiger partial charge is 0.354 e. The van der Waals surface area contributed by atoms with Crippen molar-refractivity contribution in [2.45, 2.75) is 32.7 Å². The fourth-order valence-electron chi connectivity index (χ4n) is 3.46. The van der Waals surface area contributed by atoms with Crippen molar-refractivity contribution in [1.29, 1.82) is 0 Å². The topological polar surface area (TPSA) is 52.7 Å². The van der Waals surface area contributed by atoms with Crippen LogP contribution in [0.5, 0.6) is 0 Å². The zero-order chi connectivity index (χ0) is 18.4. The fourth-order valence-corrected chi connectivity index (χ4v) is 3.46. The Kier molecular flexibility index (Phi) is 6.93. The van der Waals surface area contributed by atoms with Crippen LogP contribution in [0.15, 0.2) is 24.3 Å². The second kappa shape index (κ2) is 8.94. The van der Waals surface area contributed by atoms with Crippen molar-refractivity contribution in [2.24, 2.45) is 5.92 Å². The van der Waals surface area contributed by atoms with Crippen molar-refractivity contribution in [1.82, 2.24) is 15.1 Å². The van der Waals surface area contributed by atoms with Crippen molar-refractivity contribution in [2.75, 3.05) is 33.2 Å². The number of hydrogen-bond acceptors (Lipinski definition) is 3. The van der Waals surface area contributed by atoms with Crippen molar-refractivity contribution < 1.29 is 14.0 Å². The van der Waals surface area contributed by atoms with Gasteiger partial charge in [0, 0.05) is 32.1 Å². The van der Waals surface area contributed by atoms with Crippen molar-refractivity contribution in [3.8, 4) is 0 Å². The van der Waals surface area contributed by atoms with E-state index in [-0.39, 0.29) is 17.6 Å². The van der Waals surface area contributed by atoms with E-state index in [9.17, 15) is 14.0 Å². The molecule has 0 aliphatic carbocycles. The Morgan fingerprint density at radius 3 is 2.64 bits per heavy atom. The average molecular weight is 349 g/mol. The molecule has 1 aromatic rings. The zero-order valence-electron chi connectivity index (χ0n) is 15.3. The number of likely N-dealkylation sites (N-methyl/N-ethyl adjacent to an activating group) is 1. The van der Waals surface area contributed by atoms with E-state index in [1.807, 2.05) is 0 Å². The molecule has 0 bridgehead atoms. The molecule has 0 radical (unpaired) electrons. The molecular formula is C19H28FN3O2. The van der Waals surface area contributed by atoms with E-state index in [1.165, 1.54) is 11.0 Å². The van der Waals surface area contributed by atoms with Crippen LogP contribution >= 0.6 is 0 Å². The summed E-state index contributed by atoms with van der Waals surface area (Å²) in [5.74, 6) is -0.980. The highest BCUT2D eigenvalue weighted by Crippen LogP contribution is 2.36. The van der Waals surface area contributed by atoms with Gasteiger partial charge in [0.05, 0.1) is 12.0 Å². The highest BCUT2D eigenvalue weighted by molar-refractivity contribution is 5.84. The maximum atomic E-state index is 14.3. The molecule has 5 nitrogen and oxygen atoms in total. The maximum absolute atomic E-state index is 14.3. The predicted molar refractivity (Wildman–Crippen MR) is 95.4 cm³/mol. The third-order valence-corrected chi connectivity index (χ3v) is 5.04. The number of nitrogens with zero attached hydrogens (tertiary/aromatic N) is 2. The van der Waals surface area contributed by atoms with Gasteiger partial charge in [-0.1, -0.05) is 32.0 Å². The lowest BCUT2D eigenvalue weighted by Gasteiger charge is -2.38. The molecule has 1 saturated heterocycles. The van der Waals surface area contributed by atoms with Gasteiger partial charge in [-0.15, -0.1) is 0 Å². The number of piperidine rings is 1. The monoisotopic (exact) mass is 349 g/mol. The van der Waals surface area contributed by atoms with Crippen LogP contribution in [-0.2, 0) is 9.59 Å². The maximum Gasteiger partial charge on any atom is 0.225 e. The molecule has 0 spiro atoms. The van der Waals surface area contributed by atoms with Crippen LogP contribution in [-0.4, -0.2) is 54.8 Å². The number of hydrogen-bond donors (Lipinski definition) is 1. The van der Waals surface area contributed by atoms with Gasteiger partial charge in [-0.2, -0.15) is 0 Å². The third kappa shape index (κ3) is 4.57. The Labute approximate surface area is 149 Å². The van der Waals surface area contributed by atoms with Gasteiger partial charge in [0.2, 0.25) is 11.8 Å². The predicted octanol–water partition coefficient (Wildman–Crippen LogP) is 2.19. The molecule has 138 valence electrons. The molecule has 1 aliphatic heterocycles. The lowest BCUT2D eigenvalue weighted by atomic mass is 9.83. The lowest BCUT2D eigenvalue weighted by Crippen LogP contribution is -2.47. The number of likely N-dealkylation sites (tertiary alicyclic amines) is 1. The van der Waals surface area contributed by atoms with Gasteiger partial charge in [-0.25, -0.2) is 4.39 Å². The first-order valence-electron chi connectivity index (χ1n) is 8.99. The molecule has 2 rings (SSSR count). The van der Waals surface area contributed by atoms with Crippen LogP contribution in [0.3, 0.4) is 0 Å². The summed E-state index contributed by atoms with van der Waals surface area (Å²) < 4.78 is 14.3. The number of benzene rings is 1. The summed E-state index contributed by atoms with van der Waals surface area (Å²) in [6.45, 7) is 7.38. The highest BCUT2D eigenvalue weighted by Gasteiger charge is 2.39. The fraction of sp³-hybridized carbons (Fsp3) is 0.579. The van der Waals surface area contributed by atoms with E-state index < -0.39 is 12.0 Å². The Morgan fingerprint density at radius 1 is 1.32 bits per heavy atom. The number of carbonyl (C=O) groups excluding carboxylic acids is 2. The van der Waals surface area contributed by atoms with Crippen molar-refractivity contribution in [3.63, 3.8) is 0 Å². The minimum Gasteiger partial charge on any atom is -0.354 e. The van der Waals surface area contributed by atoms with Gasteiger partial charge < -0.3 is 15.1 Å². The first-order valence-corrected chi connectivity index (χ1v) is 8.99. The minimum atomic E-state index is -0.559. The Hall–Kier alpha value is -1.95. The van der Waals surface area contributed by atoms with E-state index in [0.29, 0.717) is 24.9 Å². The first-order chi connectivity index (χ1) is 12.0. The van der Waals surface area contributed by atoms with Gasteiger partial charge in [-0.3, -0.25) is 9.59 Å². The number of amides is 2. The van der Waals surface area contributed by atoms with Gasteiger partial charge in [-0.05, 0) is 25.6 Å². The molecule has 2 atom stereocenters. The summed E-state index contributed by atoms with van der Waals surface area (Å²) in [4.78, 5) is 28.6. The molecule has 1 N–H and O–H groups in total. The first kappa shape index (κ1) is 19.4. The lowest BCUT2D eigenvalue weighted by molar-refractivity contribution is -0.141. The smallest absolute Gasteiger partial charge is 0.225 e. The molecule has 6 heteroatoms. The van der Waals surface area contributed by atoms with E-state index in [4.69, 9.17) is 0 Å². The molecule has 2 amide bonds. The van der Waals surface area contributed by atoms with Crippen LogP contribution in [0.4, 0.5) is 4.39 Å². The number of halogens is 1. The van der Waals surface area contributed by atoms with Crippen LogP contribution in [0, 0.1) is 11.7 Å². The summed E-state index contributed by atoms with van der Waals surface area (Å²) in [5, 5.41) is 2.97. The van der Waals surface area contributed by atoms with Crippen LogP contribution in [0.2, 0.25) is 0 Å².